The number of phosphoric acid groups is 1. The average Bonchev–Trinajstić information content (AvgIpc) is 2.32. The molecule has 0 aliphatic heterocycles. The van der Waals surface area contributed by atoms with Gasteiger partial charge in [-0.25, -0.2) is 4.57 Å². The molecule has 0 radical (unpaired) electrons. The summed E-state index contributed by atoms with van der Waals surface area (Å²) in [6.07, 6.45) is -0.856. The molecule has 0 aromatic carbocycles. The number of hydrogen-bond donors (Lipinski definition) is 2. The molecular weight excluding hydrogens is 299 g/mol. The number of amides is 1. The third kappa shape index (κ3) is 9.95. The Balaban J connectivity index is 4.45. The summed E-state index contributed by atoms with van der Waals surface area (Å²) in [5.41, 5.74) is 0. The Kier molecular flexibility index (Phi) is 8.61. The second-order valence-corrected chi connectivity index (χ2v) is 7.60. The lowest BCUT2D eigenvalue weighted by Gasteiger charge is -2.26. The van der Waals surface area contributed by atoms with Crippen LogP contribution in [0.1, 0.15) is 13.8 Å². The number of hydrogen-bond acceptors (Lipinski definition) is 6. The largest absolute Gasteiger partial charge is 0.474 e. The molecule has 0 aromatic heterocycles. The van der Waals surface area contributed by atoms with Crippen LogP contribution in [0.15, 0.2) is 0 Å². The summed E-state index contributed by atoms with van der Waals surface area (Å²) in [7, 11) is 3.45. The van der Waals surface area contributed by atoms with Crippen molar-refractivity contribution in [1.29, 1.82) is 0 Å². The van der Waals surface area contributed by atoms with Crippen molar-refractivity contribution >= 4 is 13.7 Å². The number of carbonyl (C=O) groups is 1. The zero-order valence-corrected chi connectivity index (χ0v) is 14.6. The van der Waals surface area contributed by atoms with Gasteiger partial charge in [0.2, 0.25) is 5.91 Å². The maximum atomic E-state index is 12.2. The normalized spacial score (nSPS) is 17.9. The second-order valence-electron chi connectivity index (χ2n) is 5.82. The molecular formula is C12H28N2O6P+. The molecule has 0 saturated heterocycles. The van der Waals surface area contributed by atoms with Crippen LogP contribution in [0.4, 0.5) is 0 Å². The second kappa shape index (κ2) is 8.82. The summed E-state index contributed by atoms with van der Waals surface area (Å²) in [4.78, 5) is 11.0. The number of phosphoric ester groups is 1. The van der Waals surface area contributed by atoms with E-state index in [0.29, 0.717) is 11.0 Å². The molecule has 0 aliphatic carbocycles. The van der Waals surface area contributed by atoms with Crippen molar-refractivity contribution < 1.29 is 32.5 Å². The molecule has 0 bridgehead atoms. The van der Waals surface area contributed by atoms with Gasteiger partial charge in [0, 0.05) is 14.0 Å². The maximum absolute atomic E-state index is 12.2. The van der Waals surface area contributed by atoms with E-state index in [-0.39, 0.29) is 19.1 Å². The van der Waals surface area contributed by atoms with E-state index in [1.54, 1.807) is 0 Å². The Labute approximate surface area is 126 Å². The van der Waals surface area contributed by atoms with Gasteiger partial charge < -0.3 is 14.9 Å². The standard InChI is InChI=1S/C12H27N2O6P/c1-10(15)12(13-11(2)16)9-20-21(17,18-6)19-8-7-14(3,4)5/h10,12,15H,7-9H2,1-6H3/p+1. The first-order chi connectivity index (χ1) is 9.49. The molecule has 0 saturated carbocycles. The van der Waals surface area contributed by atoms with Crippen LogP contribution in [-0.2, 0) is 22.9 Å². The number of carbonyl (C=O) groups excluding carboxylic acids is 1. The first-order valence-corrected chi connectivity index (χ1v) is 8.15. The van der Waals surface area contributed by atoms with E-state index in [4.69, 9.17) is 13.6 Å². The van der Waals surface area contributed by atoms with Crippen LogP contribution in [0, 0.1) is 0 Å². The van der Waals surface area contributed by atoms with Gasteiger partial charge in [0.1, 0.15) is 13.2 Å². The van der Waals surface area contributed by atoms with Gasteiger partial charge in [0.05, 0.1) is 39.9 Å². The molecule has 126 valence electrons. The highest BCUT2D eigenvalue weighted by atomic mass is 31.2. The number of quaternary nitrogens is 1. The van der Waals surface area contributed by atoms with Crippen molar-refractivity contribution in [2.24, 2.45) is 0 Å². The topological polar surface area (TPSA) is 94.1 Å². The van der Waals surface area contributed by atoms with Gasteiger partial charge in [-0.3, -0.25) is 18.4 Å². The van der Waals surface area contributed by atoms with Crippen LogP contribution in [-0.4, -0.2) is 75.7 Å². The van der Waals surface area contributed by atoms with Gasteiger partial charge in [-0.1, -0.05) is 0 Å². The first kappa shape index (κ1) is 20.5. The number of nitrogens with zero attached hydrogens (tertiary/aromatic N) is 1. The molecule has 3 unspecified atom stereocenters. The summed E-state index contributed by atoms with van der Waals surface area (Å²) in [5, 5.41) is 12.1. The Morgan fingerprint density at radius 1 is 1.33 bits per heavy atom. The van der Waals surface area contributed by atoms with E-state index in [9.17, 15) is 14.5 Å². The van der Waals surface area contributed by atoms with E-state index >= 15 is 0 Å². The fraction of sp³-hybridized carbons (Fsp3) is 0.917. The number of aliphatic hydroxyl groups excluding tert-OH is 1. The summed E-state index contributed by atoms with van der Waals surface area (Å²) in [6, 6.07) is -0.687. The fourth-order valence-electron chi connectivity index (χ4n) is 1.30. The SMILES string of the molecule is COP(=O)(OCC[N+](C)(C)C)OCC(NC(C)=O)C(C)O. The highest BCUT2D eigenvalue weighted by Gasteiger charge is 2.29. The molecule has 0 fully saturated rings. The Bertz CT molecular complexity index is 369. The maximum Gasteiger partial charge on any atom is 0.474 e. The Hall–Kier alpha value is -0.500. The van der Waals surface area contributed by atoms with Crippen molar-refractivity contribution in [3.8, 4) is 0 Å². The van der Waals surface area contributed by atoms with Gasteiger partial charge >= 0.3 is 7.82 Å². The van der Waals surface area contributed by atoms with Crippen molar-refractivity contribution in [2.45, 2.75) is 26.0 Å². The van der Waals surface area contributed by atoms with Gasteiger partial charge in [-0.15, -0.1) is 0 Å². The van der Waals surface area contributed by atoms with E-state index in [1.165, 1.54) is 21.0 Å². The van der Waals surface area contributed by atoms with Crippen LogP contribution in [0.3, 0.4) is 0 Å². The highest BCUT2D eigenvalue weighted by Crippen LogP contribution is 2.48. The first-order valence-electron chi connectivity index (χ1n) is 6.69. The molecule has 8 nitrogen and oxygen atoms in total. The monoisotopic (exact) mass is 327 g/mol. The molecule has 21 heavy (non-hydrogen) atoms. The molecule has 1 amide bonds. The predicted molar refractivity (Wildman–Crippen MR) is 78.7 cm³/mol. The number of nitrogens with one attached hydrogen (secondary N) is 1. The van der Waals surface area contributed by atoms with Crippen molar-refractivity contribution in [3.05, 3.63) is 0 Å². The van der Waals surface area contributed by atoms with Crippen molar-refractivity contribution in [1.82, 2.24) is 5.32 Å². The highest BCUT2D eigenvalue weighted by molar-refractivity contribution is 7.48. The zero-order chi connectivity index (χ0) is 16.7. The van der Waals surface area contributed by atoms with Crippen LogP contribution >= 0.6 is 7.82 Å². The Morgan fingerprint density at radius 3 is 2.29 bits per heavy atom. The summed E-state index contributed by atoms with van der Waals surface area (Å²) in [6.45, 7) is 3.48. The quantitative estimate of drug-likeness (QED) is 0.445. The summed E-state index contributed by atoms with van der Waals surface area (Å²) >= 11 is 0. The van der Waals surface area contributed by atoms with Crippen LogP contribution in [0.2, 0.25) is 0 Å². The molecule has 0 rings (SSSR count). The minimum absolute atomic E-state index is 0.174. The third-order valence-electron chi connectivity index (χ3n) is 2.62. The minimum Gasteiger partial charge on any atom is -0.391 e. The lowest BCUT2D eigenvalue weighted by Crippen LogP contribution is -2.44. The summed E-state index contributed by atoms with van der Waals surface area (Å²) < 4.78 is 28.0. The van der Waals surface area contributed by atoms with Crippen LogP contribution in [0.5, 0.6) is 0 Å². The third-order valence-corrected chi connectivity index (χ3v) is 4.03. The number of aliphatic hydroxyl groups is 1. The molecule has 0 heterocycles. The van der Waals surface area contributed by atoms with E-state index in [0.717, 1.165) is 0 Å². The minimum atomic E-state index is -3.70. The molecule has 3 atom stereocenters. The predicted octanol–water partition coefficient (Wildman–Crippen LogP) is 0.366. The molecule has 0 aromatic rings. The lowest BCUT2D eigenvalue weighted by atomic mass is 10.2. The van der Waals surface area contributed by atoms with E-state index in [2.05, 4.69) is 5.32 Å². The van der Waals surface area contributed by atoms with Crippen molar-refractivity contribution in [2.75, 3.05) is 48.0 Å². The molecule has 0 aliphatic rings. The van der Waals surface area contributed by atoms with Gasteiger partial charge in [-0.05, 0) is 6.92 Å². The Morgan fingerprint density at radius 2 is 1.90 bits per heavy atom. The number of likely N-dealkylation sites (N-methyl/N-ethyl adjacent to an activating group) is 1. The molecule has 2 N–H and O–H groups in total. The fourth-order valence-corrected chi connectivity index (χ4v) is 2.24. The van der Waals surface area contributed by atoms with Crippen molar-refractivity contribution in [3.63, 3.8) is 0 Å². The zero-order valence-electron chi connectivity index (χ0n) is 13.7. The van der Waals surface area contributed by atoms with E-state index in [1.807, 2.05) is 21.1 Å². The molecule has 0 spiro atoms. The smallest absolute Gasteiger partial charge is 0.391 e. The van der Waals surface area contributed by atoms with Gasteiger partial charge in [-0.2, -0.15) is 0 Å². The molecule has 9 heteroatoms. The van der Waals surface area contributed by atoms with Crippen LogP contribution in [0.25, 0.3) is 0 Å². The average molecular weight is 327 g/mol. The van der Waals surface area contributed by atoms with Gasteiger partial charge in [0.15, 0.2) is 0 Å². The summed E-state index contributed by atoms with van der Waals surface area (Å²) in [5.74, 6) is -0.317. The lowest BCUT2D eigenvalue weighted by molar-refractivity contribution is -0.870. The van der Waals surface area contributed by atoms with Crippen LogP contribution < -0.4 is 5.32 Å². The van der Waals surface area contributed by atoms with E-state index < -0.39 is 20.0 Å². The number of rotatable bonds is 10. The van der Waals surface area contributed by atoms with Gasteiger partial charge in [0.25, 0.3) is 0 Å².